The zero-order chi connectivity index (χ0) is 29.7. The summed E-state index contributed by atoms with van der Waals surface area (Å²) in [4.78, 5) is 53.5. The van der Waals surface area contributed by atoms with E-state index in [0.29, 0.717) is 16.5 Å². The van der Waals surface area contributed by atoms with Gasteiger partial charge >= 0.3 is 0 Å². The lowest BCUT2D eigenvalue weighted by Crippen LogP contribution is -2.60. The van der Waals surface area contributed by atoms with E-state index in [-0.39, 0.29) is 42.6 Å². The van der Waals surface area contributed by atoms with Gasteiger partial charge in [0.05, 0.1) is 17.5 Å². The minimum absolute atomic E-state index is 0.0980. The molecule has 0 radical (unpaired) electrons. The molecule has 2 aliphatic heterocycles. The molecule has 3 fully saturated rings. The van der Waals surface area contributed by atoms with Crippen LogP contribution < -0.4 is 4.90 Å². The van der Waals surface area contributed by atoms with E-state index in [2.05, 4.69) is 0 Å². The molecule has 0 bridgehead atoms. The summed E-state index contributed by atoms with van der Waals surface area (Å²) in [7, 11) is 0. The normalized spacial score (nSPS) is 32.2. The number of rotatable bonds is 3. The molecule has 3 aromatic rings. The lowest BCUT2D eigenvalue weighted by atomic mass is 9.56. The number of hydrogen-bond acceptors (Lipinski definition) is 5. The molecule has 2 heterocycles. The van der Waals surface area contributed by atoms with Crippen molar-refractivity contribution in [2.45, 2.75) is 35.4 Å². The predicted molar refractivity (Wildman–Crippen MR) is 155 cm³/mol. The Morgan fingerprint density at radius 3 is 2.36 bits per heavy atom. The summed E-state index contributed by atoms with van der Waals surface area (Å²) in [6.07, 6.45) is 1.90. The van der Waals surface area contributed by atoms with Gasteiger partial charge in [-0.05, 0) is 66.8 Å². The number of fused-ring (bicyclic) bond motifs is 5. The Labute approximate surface area is 250 Å². The summed E-state index contributed by atoms with van der Waals surface area (Å²) >= 11 is 14.8. The van der Waals surface area contributed by atoms with Gasteiger partial charge in [-0.25, -0.2) is 9.29 Å². The molecule has 2 aliphatic carbocycles. The van der Waals surface area contributed by atoms with Crippen molar-refractivity contribution in [3.8, 4) is 5.75 Å². The molecule has 6 atom stereocenters. The van der Waals surface area contributed by atoms with Crippen molar-refractivity contribution in [2.24, 2.45) is 17.8 Å². The highest BCUT2D eigenvalue weighted by atomic mass is 35.5. The molecule has 2 saturated heterocycles. The first-order valence-corrected chi connectivity index (χ1v) is 14.6. The highest BCUT2D eigenvalue weighted by Gasteiger charge is 2.77. The smallest absolute Gasteiger partial charge is 0.258 e. The summed E-state index contributed by atoms with van der Waals surface area (Å²) in [6.45, 7) is 1.94. The summed E-state index contributed by atoms with van der Waals surface area (Å²) in [5.74, 6) is -6.18. The molecule has 0 spiro atoms. The van der Waals surface area contributed by atoms with Crippen LogP contribution in [0, 0.1) is 23.6 Å². The first-order valence-electron chi connectivity index (χ1n) is 13.8. The molecule has 7 nitrogen and oxygen atoms in total. The van der Waals surface area contributed by atoms with Gasteiger partial charge in [-0.15, -0.1) is 23.2 Å². The second kappa shape index (κ2) is 9.12. The topological polar surface area (TPSA) is 95.0 Å². The van der Waals surface area contributed by atoms with Crippen LogP contribution in [0.5, 0.6) is 5.75 Å². The van der Waals surface area contributed by atoms with E-state index in [0.717, 1.165) is 22.4 Å². The average Bonchev–Trinajstić information content (AvgIpc) is 3.31. The monoisotopic (exact) mass is 606 g/mol. The molecular weight excluding hydrogens is 582 g/mol. The van der Waals surface area contributed by atoms with Gasteiger partial charge in [0.2, 0.25) is 11.8 Å². The van der Waals surface area contributed by atoms with Gasteiger partial charge in [0.1, 0.15) is 11.6 Å². The molecule has 3 aromatic carbocycles. The van der Waals surface area contributed by atoms with Crippen LogP contribution in [0.2, 0.25) is 0 Å². The van der Waals surface area contributed by atoms with E-state index in [1.54, 1.807) is 25.1 Å². The van der Waals surface area contributed by atoms with Gasteiger partial charge in [-0.2, -0.15) is 0 Å². The Balaban J connectivity index is 1.50. The number of phenols is 1. The second-order valence-corrected chi connectivity index (χ2v) is 12.6. The van der Waals surface area contributed by atoms with E-state index < -0.39 is 51.1 Å². The standard InChI is InChI=1S/C32H25Cl2FN2O5/c1-2-36-27(39)21-13-12-20-22(24(21)28(36)40)15-31(33)29(41)37(18-10-8-17(35)9-11-18)30(42)32(31,34)26(20)25-19-6-4-3-5-16(19)7-14-23(25)38/h3-12,14,21-22,24,26,38H,2,13,15H2,1H3. The van der Waals surface area contributed by atoms with Crippen molar-refractivity contribution in [3.63, 3.8) is 0 Å². The number of benzene rings is 3. The van der Waals surface area contributed by atoms with Crippen LogP contribution >= 0.6 is 23.2 Å². The average molecular weight is 607 g/mol. The van der Waals surface area contributed by atoms with E-state index in [1.807, 2.05) is 18.2 Å². The van der Waals surface area contributed by atoms with Crippen molar-refractivity contribution >= 4 is 63.3 Å². The SMILES string of the molecule is CCN1C(=O)C2CC=C3C(CC4(Cl)C(=O)N(c5ccc(F)cc5)C(=O)C4(Cl)C3c3c(O)ccc4ccccc34)C2C1=O. The minimum Gasteiger partial charge on any atom is -0.508 e. The Morgan fingerprint density at radius 2 is 1.64 bits per heavy atom. The number of likely N-dealkylation sites (tertiary alicyclic amines) is 1. The number of alkyl halides is 2. The number of nitrogens with zero attached hydrogens (tertiary/aromatic N) is 2. The Bertz CT molecular complexity index is 1760. The fourth-order valence-electron chi connectivity index (χ4n) is 7.68. The van der Waals surface area contributed by atoms with E-state index in [4.69, 9.17) is 23.2 Å². The molecule has 42 heavy (non-hydrogen) atoms. The van der Waals surface area contributed by atoms with Crippen LogP contribution in [0.25, 0.3) is 10.8 Å². The quantitative estimate of drug-likeness (QED) is 0.249. The number of anilines is 1. The third-order valence-corrected chi connectivity index (χ3v) is 11.0. The molecule has 4 amide bonds. The third kappa shape index (κ3) is 3.28. The maximum absolute atomic E-state index is 14.5. The molecule has 6 unspecified atom stereocenters. The van der Waals surface area contributed by atoms with Crippen molar-refractivity contribution in [1.29, 1.82) is 0 Å². The number of hydrogen-bond donors (Lipinski definition) is 1. The van der Waals surface area contributed by atoms with E-state index >= 15 is 0 Å². The van der Waals surface area contributed by atoms with Crippen molar-refractivity contribution in [3.05, 3.63) is 83.7 Å². The maximum Gasteiger partial charge on any atom is 0.258 e. The fourth-order valence-corrected chi connectivity index (χ4v) is 8.60. The van der Waals surface area contributed by atoms with Gasteiger partial charge in [0.15, 0.2) is 9.75 Å². The van der Waals surface area contributed by atoms with Gasteiger partial charge in [0.25, 0.3) is 11.8 Å². The molecule has 7 rings (SSSR count). The number of carbonyl (C=O) groups is 4. The predicted octanol–water partition coefficient (Wildman–Crippen LogP) is 5.27. The van der Waals surface area contributed by atoms with Crippen LogP contribution in [0.1, 0.15) is 31.2 Å². The van der Waals surface area contributed by atoms with Crippen molar-refractivity contribution in [2.75, 3.05) is 11.4 Å². The lowest BCUT2D eigenvalue weighted by Gasteiger charge is -2.51. The van der Waals surface area contributed by atoms with Gasteiger partial charge in [0, 0.05) is 18.0 Å². The highest BCUT2D eigenvalue weighted by Crippen LogP contribution is 2.67. The van der Waals surface area contributed by atoms with E-state index in [9.17, 15) is 28.7 Å². The molecule has 0 aromatic heterocycles. The van der Waals surface area contributed by atoms with Gasteiger partial charge < -0.3 is 5.11 Å². The first-order chi connectivity index (χ1) is 20.0. The largest absolute Gasteiger partial charge is 0.508 e. The summed E-state index contributed by atoms with van der Waals surface area (Å²) in [6, 6.07) is 15.4. The van der Waals surface area contributed by atoms with Crippen LogP contribution in [0.15, 0.2) is 72.3 Å². The molecule has 1 saturated carbocycles. The zero-order valence-corrected chi connectivity index (χ0v) is 23.9. The third-order valence-electron chi connectivity index (χ3n) is 9.54. The highest BCUT2D eigenvalue weighted by molar-refractivity contribution is 6.58. The lowest BCUT2D eigenvalue weighted by molar-refractivity contribution is -0.140. The Hall–Kier alpha value is -3.75. The number of allylic oxidation sites excluding steroid dienone is 2. The molecular formula is C32H25Cl2FN2O5. The van der Waals surface area contributed by atoms with Crippen molar-refractivity contribution < 1.29 is 28.7 Å². The summed E-state index contributed by atoms with van der Waals surface area (Å²) < 4.78 is 13.8. The summed E-state index contributed by atoms with van der Waals surface area (Å²) in [5.41, 5.74) is 1.00. The van der Waals surface area contributed by atoms with Crippen LogP contribution in [-0.2, 0) is 19.2 Å². The first kappa shape index (κ1) is 27.1. The zero-order valence-electron chi connectivity index (χ0n) is 22.4. The molecule has 4 aliphatic rings. The molecule has 214 valence electrons. The van der Waals surface area contributed by atoms with E-state index in [1.165, 1.54) is 23.1 Å². The number of imide groups is 2. The van der Waals surface area contributed by atoms with Crippen molar-refractivity contribution in [1.82, 2.24) is 4.90 Å². The van der Waals surface area contributed by atoms with Crippen LogP contribution in [0.3, 0.4) is 0 Å². The Kier molecular flexibility index (Phi) is 5.89. The van der Waals surface area contributed by atoms with Crippen LogP contribution in [0.4, 0.5) is 10.1 Å². The van der Waals surface area contributed by atoms with Gasteiger partial charge in [-0.1, -0.05) is 42.0 Å². The number of halogens is 3. The van der Waals surface area contributed by atoms with Gasteiger partial charge in [-0.3, -0.25) is 24.1 Å². The number of aromatic hydroxyl groups is 1. The van der Waals surface area contributed by atoms with Crippen LogP contribution in [-0.4, -0.2) is 49.9 Å². The summed E-state index contributed by atoms with van der Waals surface area (Å²) in [5, 5.41) is 12.8. The molecule has 1 N–H and O–H groups in total. The number of amides is 4. The second-order valence-electron chi connectivity index (χ2n) is 11.4. The Morgan fingerprint density at radius 1 is 0.929 bits per heavy atom. The number of phenolic OH excluding ortho intramolecular Hbond substituents is 1. The maximum atomic E-state index is 14.5. The number of carbonyl (C=O) groups excluding carboxylic acids is 4. The molecule has 10 heteroatoms. The minimum atomic E-state index is -2.12. The fraction of sp³-hybridized carbons (Fsp3) is 0.312.